The molecule has 108 valence electrons. The number of furan rings is 1. The fourth-order valence-electron chi connectivity index (χ4n) is 2.14. The average molecular weight is 275 g/mol. The normalized spacial score (nSPS) is 23.6. The predicted molar refractivity (Wildman–Crippen MR) is 78.7 cm³/mol. The number of carbonyl (C=O) groups is 1. The van der Waals surface area contributed by atoms with Crippen molar-refractivity contribution in [1.82, 2.24) is 5.32 Å². The van der Waals surface area contributed by atoms with Gasteiger partial charge in [-0.3, -0.25) is 4.79 Å². The number of Topliss-reactive ketones (excluding diaryl/α,β-unsaturated/α-hetero) is 1. The van der Waals surface area contributed by atoms with E-state index in [0.717, 1.165) is 18.6 Å². The van der Waals surface area contributed by atoms with Crippen molar-refractivity contribution >= 4 is 18.4 Å². The highest BCUT2D eigenvalue weighted by molar-refractivity contribution is 5.91. The highest BCUT2D eigenvalue weighted by atomic mass is 16.5. The van der Waals surface area contributed by atoms with E-state index in [1.165, 1.54) is 6.92 Å². The van der Waals surface area contributed by atoms with Crippen LogP contribution in [0, 0.1) is 0 Å². The van der Waals surface area contributed by atoms with Gasteiger partial charge in [-0.25, -0.2) is 0 Å². The van der Waals surface area contributed by atoms with Crippen LogP contribution in [0.3, 0.4) is 0 Å². The summed E-state index contributed by atoms with van der Waals surface area (Å²) in [4.78, 5) is 11.3. The van der Waals surface area contributed by atoms with Crippen LogP contribution in [0.1, 0.15) is 37.2 Å². The van der Waals surface area contributed by atoms with Crippen molar-refractivity contribution in [3.63, 3.8) is 0 Å². The van der Waals surface area contributed by atoms with E-state index in [0.29, 0.717) is 22.4 Å². The Morgan fingerprint density at radius 1 is 1.55 bits per heavy atom. The predicted octanol–water partition coefficient (Wildman–Crippen LogP) is 1.34. The van der Waals surface area contributed by atoms with Gasteiger partial charge in [-0.1, -0.05) is 6.58 Å². The summed E-state index contributed by atoms with van der Waals surface area (Å²) >= 11 is 0. The maximum atomic E-state index is 11.3. The minimum absolute atomic E-state index is 0.103. The topological polar surface area (TPSA) is 51.5 Å². The summed E-state index contributed by atoms with van der Waals surface area (Å²) in [6.07, 6.45) is 5.94. The van der Waals surface area contributed by atoms with Crippen molar-refractivity contribution in [2.75, 3.05) is 7.05 Å². The van der Waals surface area contributed by atoms with Crippen LogP contribution in [-0.4, -0.2) is 25.0 Å². The summed E-state index contributed by atoms with van der Waals surface area (Å²) in [5.74, 6) is 0.975. The number of nitrogens with one attached hydrogen (secondary N) is 1. The molecule has 4 nitrogen and oxygen atoms in total. The Morgan fingerprint density at radius 2 is 2.25 bits per heavy atom. The Bertz CT molecular complexity index is 621. The van der Waals surface area contributed by atoms with Gasteiger partial charge in [0.15, 0.2) is 11.5 Å². The Hall–Kier alpha value is -1.81. The van der Waals surface area contributed by atoms with Crippen LogP contribution in [0.5, 0.6) is 0 Å². The van der Waals surface area contributed by atoms with Gasteiger partial charge in [-0.15, -0.1) is 0 Å². The highest BCUT2D eigenvalue weighted by Gasteiger charge is 2.29. The van der Waals surface area contributed by atoms with Crippen LogP contribution in [0.25, 0.3) is 12.7 Å². The molecule has 0 spiro atoms. The fourth-order valence-corrected chi connectivity index (χ4v) is 2.14. The van der Waals surface area contributed by atoms with Crippen LogP contribution in [0.2, 0.25) is 0 Å². The van der Waals surface area contributed by atoms with Gasteiger partial charge in [-0.2, -0.15) is 0 Å². The first-order valence-electron chi connectivity index (χ1n) is 6.85. The Kier molecular flexibility index (Phi) is 4.45. The molecule has 0 amide bonds. The number of carbonyl (C=O) groups excluding carboxylic acids is 1. The number of allylic oxidation sites excluding steroid dienone is 2. The van der Waals surface area contributed by atoms with Gasteiger partial charge in [0.1, 0.15) is 17.3 Å². The summed E-state index contributed by atoms with van der Waals surface area (Å²) in [5, 5.41) is 3.92. The van der Waals surface area contributed by atoms with Crippen molar-refractivity contribution in [3.8, 4) is 0 Å². The van der Waals surface area contributed by atoms with Crippen LogP contribution in [-0.2, 0) is 4.74 Å². The van der Waals surface area contributed by atoms with Gasteiger partial charge in [-0.05, 0) is 39.0 Å². The van der Waals surface area contributed by atoms with E-state index in [9.17, 15) is 4.79 Å². The van der Waals surface area contributed by atoms with Crippen molar-refractivity contribution in [3.05, 3.63) is 34.3 Å². The summed E-state index contributed by atoms with van der Waals surface area (Å²) in [7, 11) is 1.96. The molecule has 0 atom stereocenters. The van der Waals surface area contributed by atoms with Gasteiger partial charge in [0.05, 0.1) is 0 Å². The number of rotatable bonds is 5. The molecule has 1 fully saturated rings. The second-order valence-electron chi connectivity index (χ2n) is 5.09. The van der Waals surface area contributed by atoms with Gasteiger partial charge in [0.2, 0.25) is 0 Å². The van der Waals surface area contributed by atoms with Crippen LogP contribution >= 0.6 is 0 Å². The third kappa shape index (κ3) is 3.20. The average Bonchev–Trinajstić information content (AvgIpc) is 2.73. The van der Waals surface area contributed by atoms with Crippen molar-refractivity contribution in [2.24, 2.45) is 0 Å². The van der Waals surface area contributed by atoms with Gasteiger partial charge in [0.25, 0.3) is 0 Å². The molecular weight excluding hydrogens is 254 g/mol. The Morgan fingerprint density at radius 3 is 2.75 bits per heavy atom. The fraction of sp³-hybridized carbons (Fsp3) is 0.438. The van der Waals surface area contributed by atoms with E-state index in [1.807, 2.05) is 20.0 Å². The molecule has 1 saturated carbocycles. The maximum Gasteiger partial charge on any atom is 0.194 e. The second kappa shape index (κ2) is 6.09. The van der Waals surface area contributed by atoms with Gasteiger partial charge < -0.3 is 14.5 Å². The maximum absolute atomic E-state index is 11.3. The summed E-state index contributed by atoms with van der Waals surface area (Å²) in [5.41, 5.74) is 0.577. The lowest BCUT2D eigenvalue weighted by molar-refractivity contribution is 0.0378. The summed E-state index contributed by atoms with van der Waals surface area (Å²) in [6.45, 7) is 7.27. The molecular formula is C16H21NO3. The van der Waals surface area contributed by atoms with Gasteiger partial charge in [0, 0.05) is 24.3 Å². The van der Waals surface area contributed by atoms with E-state index in [1.54, 1.807) is 12.1 Å². The molecule has 0 aromatic carbocycles. The molecule has 0 saturated heterocycles. The smallest absolute Gasteiger partial charge is 0.194 e. The van der Waals surface area contributed by atoms with Gasteiger partial charge >= 0.3 is 0 Å². The first-order valence-corrected chi connectivity index (χ1v) is 6.85. The molecule has 1 aliphatic carbocycles. The van der Waals surface area contributed by atoms with E-state index >= 15 is 0 Å². The van der Waals surface area contributed by atoms with E-state index in [2.05, 4.69) is 11.9 Å². The zero-order valence-corrected chi connectivity index (χ0v) is 12.2. The number of ketones is 1. The minimum Gasteiger partial charge on any atom is -0.491 e. The second-order valence-corrected chi connectivity index (χ2v) is 5.09. The molecule has 20 heavy (non-hydrogen) atoms. The Labute approximate surface area is 118 Å². The lowest BCUT2D eigenvalue weighted by Crippen LogP contribution is -2.43. The first-order chi connectivity index (χ1) is 9.53. The molecule has 2 rings (SSSR count). The van der Waals surface area contributed by atoms with Crippen LogP contribution < -0.4 is 16.0 Å². The third-order valence-corrected chi connectivity index (χ3v) is 3.55. The Balaban J connectivity index is 2.12. The zero-order valence-electron chi connectivity index (χ0n) is 12.2. The van der Waals surface area contributed by atoms with Crippen molar-refractivity contribution < 1.29 is 13.9 Å². The van der Waals surface area contributed by atoms with Crippen molar-refractivity contribution in [2.45, 2.75) is 38.8 Å². The van der Waals surface area contributed by atoms with Crippen LogP contribution in [0.15, 0.2) is 22.3 Å². The summed E-state index contributed by atoms with van der Waals surface area (Å²) < 4.78 is 11.4. The lowest BCUT2D eigenvalue weighted by Gasteiger charge is -2.35. The monoisotopic (exact) mass is 275 g/mol. The molecule has 1 aromatic heterocycles. The molecule has 1 N–H and O–H groups in total. The largest absolute Gasteiger partial charge is 0.491 e. The van der Waals surface area contributed by atoms with E-state index < -0.39 is 0 Å². The van der Waals surface area contributed by atoms with E-state index in [4.69, 9.17) is 9.15 Å². The standard InChI is InChI=1S/C16H21NO3/c1-5-13(19-14-7-12(8-14)17-4)9-15-10(2)6-16(20-15)11(3)18/h5-6,9,12,14,17H,2,7-8H2,1,3-4H3/b13-5+,15-9+. The van der Waals surface area contributed by atoms with Crippen LogP contribution in [0.4, 0.5) is 0 Å². The molecule has 0 radical (unpaired) electrons. The lowest BCUT2D eigenvalue weighted by atomic mass is 9.89. The highest BCUT2D eigenvalue weighted by Crippen LogP contribution is 2.25. The number of hydrogen-bond donors (Lipinski definition) is 1. The quantitative estimate of drug-likeness (QED) is 0.651. The first kappa shape index (κ1) is 14.6. The number of ether oxygens (including phenoxy) is 1. The summed E-state index contributed by atoms with van der Waals surface area (Å²) in [6, 6.07) is 2.20. The van der Waals surface area contributed by atoms with Crippen molar-refractivity contribution in [1.29, 1.82) is 0 Å². The zero-order chi connectivity index (χ0) is 14.7. The SMILES string of the molecule is C=c1cc(C(C)=O)o/c1=C/C(=C\C)OC1CC(NC)C1. The molecule has 0 bridgehead atoms. The third-order valence-electron chi connectivity index (χ3n) is 3.55. The molecule has 1 heterocycles. The molecule has 1 aliphatic rings. The molecule has 4 heteroatoms. The van der Waals surface area contributed by atoms with E-state index in [-0.39, 0.29) is 11.9 Å². The number of hydrogen-bond acceptors (Lipinski definition) is 4. The molecule has 1 aromatic rings. The minimum atomic E-state index is -0.103. The molecule has 0 unspecified atom stereocenters. The molecule has 0 aliphatic heterocycles.